The summed E-state index contributed by atoms with van der Waals surface area (Å²) in [7, 11) is 1.51. The number of hydrogen-bond acceptors (Lipinski definition) is 4. The molecule has 0 fully saturated rings. The van der Waals surface area contributed by atoms with Gasteiger partial charge in [-0.05, 0) is 61.1 Å². The first kappa shape index (κ1) is 22.3. The molecule has 5 nitrogen and oxygen atoms in total. The summed E-state index contributed by atoms with van der Waals surface area (Å²) in [6.45, 7) is 2.16. The largest absolute Gasteiger partial charge is 0.495 e. The van der Waals surface area contributed by atoms with Crippen molar-refractivity contribution in [2.45, 2.75) is 26.2 Å². The van der Waals surface area contributed by atoms with E-state index in [1.54, 1.807) is 24.3 Å². The summed E-state index contributed by atoms with van der Waals surface area (Å²) in [6.07, 6.45) is 2.51. The highest BCUT2D eigenvalue weighted by Gasteiger charge is 2.29. The van der Waals surface area contributed by atoms with Crippen LogP contribution in [-0.2, 0) is 12.8 Å². The first-order valence-corrected chi connectivity index (χ1v) is 11.4. The molecule has 1 unspecified atom stereocenters. The van der Waals surface area contributed by atoms with Crippen molar-refractivity contribution >= 4 is 45.4 Å². The minimum absolute atomic E-state index is 0.0740. The molecule has 8 heteroatoms. The highest BCUT2D eigenvalue weighted by molar-refractivity contribution is 7.17. The lowest BCUT2D eigenvalue weighted by molar-refractivity contribution is 0.102. The van der Waals surface area contributed by atoms with Gasteiger partial charge in [0.2, 0.25) is 0 Å². The molecule has 2 N–H and O–H groups in total. The van der Waals surface area contributed by atoms with Gasteiger partial charge in [-0.2, -0.15) is 0 Å². The summed E-state index contributed by atoms with van der Waals surface area (Å²) in [5.41, 5.74) is 1.69. The minimum Gasteiger partial charge on any atom is -0.495 e. The Hall–Kier alpha value is -2.90. The van der Waals surface area contributed by atoms with Crippen molar-refractivity contribution in [3.63, 3.8) is 0 Å². The number of amides is 2. The van der Waals surface area contributed by atoms with Gasteiger partial charge in [-0.3, -0.25) is 9.59 Å². The molecular weight excluding hydrogens is 451 g/mol. The number of ether oxygens (including phenoxy) is 1. The van der Waals surface area contributed by atoms with Gasteiger partial charge < -0.3 is 15.4 Å². The van der Waals surface area contributed by atoms with Crippen LogP contribution in [0.15, 0.2) is 42.5 Å². The smallest absolute Gasteiger partial charge is 0.259 e. The van der Waals surface area contributed by atoms with Gasteiger partial charge in [-0.1, -0.05) is 30.7 Å². The van der Waals surface area contributed by atoms with Crippen LogP contribution in [0.2, 0.25) is 5.02 Å². The van der Waals surface area contributed by atoms with E-state index in [0.29, 0.717) is 32.9 Å². The van der Waals surface area contributed by atoms with Crippen molar-refractivity contribution in [1.29, 1.82) is 0 Å². The fourth-order valence-electron chi connectivity index (χ4n) is 3.86. The molecule has 1 aromatic heterocycles. The molecule has 32 heavy (non-hydrogen) atoms. The van der Waals surface area contributed by atoms with Gasteiger partial charge >= 0.3 is 0 Å². The number of carbonyl (C=O) groups excluding carboxylic acids is 2. The van der Waals surface area contributed by atoms with Crippen LogP contribution in [0.25, 0.3) is 0 Å². The molecule has 0 spiro atoms. The lowest BCUT2D eigenvalue weighted by Crippen LogP contribution is -2.20. The van der Waals surface area contributed by atoms with Gasteiger partial charge in [-0.15, -0.1) is 11.3 Å². The number of nitrogens with one attached hydrogen (secondary N) is 2. The maximum absolute atomic E-state index is 14.1. The summed E-state index contributed by atoms with van der Waals surface area (Å²) in [5.74, 6) is -0.627. The van der Waals surface area contributed by atoms with Gasteiger partial charge in [0, 0.05) is 9.90 Å². The molecule has 0 saturated carbocycles. The quantitative estimate of drug-likeness (QED) is 0.466. The first-order chi connectivity index (χ1) is 15.4. The van der Waals surface area contributed by atoms with E-state index in [2.05, 4.69) is 17.6 Å². The predicted octanol–water partition coefficient (Wildman–Crippen LogP) is 6.18. The Morgan fingerprint density at radius 2 is 1.94 bits per heavy atom. The van der Waals surface area contributed by atoms with Gasteiger partial charge in [-0.25, -0.2) is 4.39 Å². The third kappa shape index (κ3) is 4.49. The number of anilines is 2. The molecule has 1 heterocycles. The minimum atomic E-state index is -0.616. The van der Waals surface area contributed by atoms with Crippen molar-refractivity contribution < 1.29 is 18.7 Å². The van der Waals surface area contributed by atoms with Crippen LogP contribution in [0.1, 0.15) is 44.5 Å². The van der Waals surface area contributed by atoms with E-state index in [1.807, 2.05) is 0 Å². The molecule has 1 atom stereocenters. The average Bonchev–Trinajstić information content (AvgIpc) is 3.11. The number of thiophene rings is 1. The van der Waals surface area contributed by atoms with Crippen LogP contribution in [0.5, 0.6) is 5.75 Å². The molecule has 1 aliphatic rings. The molecule has 0 bridgehead atoms. The van der Waals surface area contributed by atoms with E-state index < -0.39 is 11.7 Å². The van der Waals surface area contributed by atoms with Gasteiger partial charge in [0.15, 0.2) is 0 Å². The fourth-order valence-corrected chi connectivity index (χ4v) is 5.43. The van der Waals surface area contributed by atoms with Crippen LogP contribution >= 0.6 is 22.9 Å². The lowest BCUT2D eigenvalue weighted by atomic mass is 9.88. The highest BCUT2D eigenvalue weighted by Crippen LogP contribution is 2.40. The number of rotatable bonds is 5. The van der Waals surface area contributed by atoms with Crippen LogP contribution in [-0.4, -0.2) is 18.9 Å². The Morgan fingerprint density at radius 3 is 2.69 bits per heavy atom. The number of benzene rings is 2. The zero-order chi connectivity index (χ0) is 22.8. The standard InChI is InChI=1S/C24H22ClFN2O3S/c1-13-7-9-16-20(11-13)32-24(28-22(29)15-5-3-4-6-17(15)26)21(16)23(30)27-18-12-14(25)8-10-19(18)31-2/h3-6,8,10,12-13H,7,9,11H2,1-2H3,(H,27,30)(H,28,29). The third-order valence-electron chi connectivity index (χ3n) is 5.49. The molecule has 0 saturated heterocycles. The van der Waals surface area contributed by atoms with Crippen molar-refractivity contribution in [3.05, 3.63) is 74.9 Å². The molecule has 0 radical (unpaired) electrons. The molecule has 0 aliphatic heterocycles. The average molecular weight is 473 g/mol. The molecule has 2 aromatic carbocycles. The van der Waals surface area contributed by atoms with Crippen molar-refractivity contribution in [1.82, 2.24) is 0 Å². The van der Waals surface area contributed by atoms with Gasteiger partial charge in [0.25, 0.3) is 11.8 Å². The monoisotopic (exact) mass is 472 g/mol. The Morgan fingerprint density at radius 1 is 1.16 bits per heavy atom. The summed E-state index contributed by atoms with van der Waals surface area (Å²) >= 11 is 7.47. The maximum Gasteiger partial charge on any atom is 0.259 e. The normalized spacial score (nSPS) is 15.1. The Kier molecular flexibility index (Phi) is 6.48. The van der Waals surface area contributed by atoms with E-state index in [0.717, 1.165) is 29.7 Å². The van der Waals surface area contributed by atoms with Crippen molar-refractivity contribution in [2.24, 2.45) is 5.92 Å². The van der Waals surface area contributed by atoms with E-state index in [-0.39, 0.29) is 11.5 Å². The number of fused-ring (bicyclic) bond motifs is 1. The molecule has 1 aliphatic carbocycles. The zero-order valence-corrected chi connectivity index (χ0v) is 19.2. The summed E-state index contributed by atoms with van der Waals surface area (Å²) in [5, 5.41) is 6.50. The zero-order valence-electron chi connectivity index (χ0n) is 17.6. The molecule has 3 aromatic rings. The number of hydrogen-bond donors (Lipinski definition) is 2. The van der Waals surface area contributed by atoms with Crippen LogP contribution in [0.4, 0.5) is 15.1 Å². The maximum atomic E-state index is 14.1. The third-order valence-corrected chi connectivity index (χ3v) is 6.90. The van der Waals surface area contributed by atoms with Crippen LogP contribution in [0.3, 0.4) is 0 Å². The Labute approximate surface area is 194 Å². The SMILES string of the molecule is COc1ccc(Cl)cc1NC(=O)c1c(NC(=O)c2ccccc2F)sc2c1CCC(C)C2. The predicted molar refractivity (Wildman–Crippen MR) is 126 cm³/mol. The van der Waals surface area contributed by atoms with Crippen LogP contribution in [0, 0.1) is 11.7 Å². The Bertz CT molecular complexity index is 1190. The van der Waals surface area contributed by atoms with Crippen molar-refractivity contribution in [2.75, 3.05) is 17.7 Å². The summed E-state index contributed by atoms with van der Waals surface area (Å²) in [6, 6.07) is 10.7. The first-order valence-electron chi connectivity index (χ1n) is 10.2. The number of halogens is 2. The topological polar surface area (TPSA) is 67.4 Å². The second kappa shape index (κ2) is 9.30. The number of carbonyl (C=O) groups is 2. The molecule has 166 valence electrons. The summed E-state index contributed by atoms with van der Waals surface area (Å²) in [4.78, 5) is 27.2. The van der Waals surface area contributed by atoms with Crippen LogP contribution < -0.4 is 15.4 Å². The van der Waals surface area contributed by atoms with Gasteiger partial charge in [0.05, 0.1) is 23.9 Å². The second-order valence-electron chi connectivity index (χ2n) is 7.79. The van der Waals surface area contributed by atoms with E-state index in [9.17, 15) is 14.0 Å². The fraction of sp³-hybridized carbons (Fsp3) is 0.250. The molecular formula is C24H22ClFN2O3S. The van der Waals surface area contributed by atoms with E-state index >= 15 is 0 Å². The number of methoxy groups -OCH3 is 1. The highest BCUT2D eigenvalue weighted by atomic mass is 35.5. The van der Waals surface area contributed by atoms with Gasteiger partial charge in [0.1, 0.15) is 16.6 Å². The second-order valence-corrected chi connectivity index (χ2v) is 9.33. The summed E-state index contributed by atoms with van der Waals surface area (Å²) < 4.78 is 19.5. The van der Waals surface area contributed by atoms with Crippen molar-refractivity contribution in [3.8, 4) is 5.75 Å². The Balaban J connectivity index is 1.71. The van der Waals surface area contributed by atoms with E-state index in [4.69, 9.17) is 16.3 Å². The lowest BCUT2D eigenvalue weighted by Gasteiger charge is -2.19. The molecule has 2 amide bonds. The molecule has 4 rings (SSSR count). The van der Waals surface area contributed by atoms with E-state index in [1.165, 1.54) is 36.6 Å².